The van der Waals surface area contributed by atoms with Gasteiger partial charge in [-0.05, 0) is 25.5 Å². The minimum absolute atomic E-state index is 0.0320. The molecule has 1 saturated heterocycles. The molecule has 25 heavy (non-hydrogen) atoms. The van der Waals surface area contributed by atoms with E-state index in [4.69, 9.17) is 9.15 Å². The van der Waals surface area contributed by atoms with Crippen LogP contribution in [-0.2, 0) is 17.8 Å². The Morgan fingerprint density at radius 2 is 2.12 bits per heavy atom. The molecule has 0 unspecified atom stereocenters. The number of rotatable bonds is 3. The van der Waals surface area contributed by atoms with Crippen LogP contribution in [0.15, 0.2) is 29.0 Å². The Morgan fingerprint density at radius 1 is 1.28 bits per heavy atom. The monoisotopic (exact) mass is 344 g/mol. The average Bonchev–Trinajstić information content (AvgIpc) is 3.22. The van der Waals surface area contributed by atoms with Gasteiger partial charge in [-0.2, -0.15) is 5.10 Å². The predicted octanol–water partition coefficient (Wildman–Crippen LogP) is 1.53. The van der Waals surface area contributed by atoms with E-state index in [0.717, 1.165) is 57.1 Å². The van der Waals surface area contributed by atoms with Gasteiger partial charge in [0.25, 0.3) is 5.91 Å². The lowest BCUT2D eigenvalue weighted by molar-refractivity contribution is 0.0195. The highest BCUT2D eigenvalue weighted by Gasteiger charge is 2.32. The standard InChI is InChI=1S/C18H24N4O3/c1-14-4-9-25-17(14)18(23)21-13-16-2-5-19-22(16)6-3-15(21)12-20-7-10-24-11-8-20/h2,4-5,9,15H,3,6-8,10-13H2,1H3/t15-/m1/s1. The molecule has 7 nitrogen and oxygen atoms in total. The number of morpholine rings is 1. The third-order valence-corrected chi connectivity index (χ3v) is 5.14. The lowest BCUT2D eigenvalue weighted by atomic mass is 10.1. The number of aromatic nitrogens is 2. The molecule has 0 aromatic carbocycles. The fourth-order valence-electron chi connectivity index (χ4n) is 3.66. The molecule has 0 aliphatic carbocycles. The van der Waals surface area contributed by atoms with Crippen molar-refractivity contribution >= 4 is 5.91 Å². The van der Waals surface area contributed by atoms with Crippen molar-refractivity contribution in [1.82, 2.24) is 19.6 Å². The average molecular weight is 344 g/mol. The van der Waals surface area contributed by atoms with Gasteiger partial charge < -0.3 is 14.1 Å². The zero-order chi connectivity index (χ0) is 17.2. The second-order valence-electron chi connectivity index (χ2n) is 6.77. The van der Waals surface area contributed by atoms with Crippen molar-refractivity contribution in [1.29, 1.82) is 0 Å². The van der Waals surface area contributed by atoms with Crippen LogP contribution < -0.4 is 0 Å². The molecule has 4 rings (SSSR count). The van der Waals surface area contributed by atoms with Crippen LogP contribution in [0, 0.1) is 6.92 Å². The fraction of sp³-hybridized carbons (Fsp3) is 0.556. The van der Waals surface area contributed by atoms with Crippen LogP contribution in [-0.4, -0.2) is 64.4 Å². The zero-order valence-corrected chi connectivity index (χ0v) is 14.6. The van der Waals surface area contributed by atoms with Gasteiger partial charge in [-0.3, -0.25) is 14.4 Å². The highest BCUT2D eigenvalue weighted by atomic mass is 16.5. The van der Waals surface area contributed by atoms with Gasteiger partial charge in [0.15, 0.2) is 5.76 Å². The number of aryl methyl sites for hydroxylation is 2. The quantitative estimate of drug-likeness (QED) is 0.845. The van der Waals surface area contributed by atoms with Gasteiger partial charge in [0, 0.05) is 44.0 Å². The van der Waals surface area contributed by atoms with Crippen LogP contribution in [0.1, 0.15) is 28.2 Å². The van der Waals surface area contributed by atoms with Crippen molar-refractivity contribution in [2.75, 3.05) is 32.8 Å². The van der Waals surface area contributed by atoms with E-state index < -0.39 is 0 Å². The largest absolute Gasteiger partial charge is 0.459 e. The van der Waals surface area contributed by atoms with Gasteiger partial charge in [-0.1, -0.05) is 0 Å². The van der Waals surface area contributed by atoms with Gasteiger partial charge >= 0.3 is 0 Å². The number of amides is 1. The van der Waals surface area contributed by atoms with Gasteiger partial charge in [0.05, 0.1) is 31.7 Å². The zero-order valence-electron chi connectivity index (χ0n) is 14.6. The predicted molar refractivity (Wildman–Crippen MR) is 91.2 cm³/mol. The maximum absolute atomic E-state index is 13.2. The van der Waals surface area contributed by atoms with Crippen molar-refractivity contribution in [3.8, 4) is 0 Å². The molecule has 2 aromatic rings. The Balaban J connectivity index is 1.59. The van der Waals surface area contributed by atoms with E-state index >= 15 is 0 Å². The Labute approximate surface area is 147 Å². The second kappa shape index (κ2) is 7.01. The summed E-state index contributed by atoms with van der Waals surface area (Å²) in [6.07, 6.45) is 4.28. The number of nitrogens with zero attached hydrogens (tertiary/aromatic N) is 4. The maximum Gasteiger partial charge on any atom is 0.290 e. The minimum atomic E-state index is -0.0320. The SMILES string of the molecule is Cc1ccoc1C(=O)N1Cc2ccnn2CC[C@@H]1CN1CCOCC1. The van der Waals surface area contributed by atoms with Crippen LogP contribution >= 0.6 is 0 Å². The summed E-state index contributed by atoms with van der Waals surface area (Å²) in [4.78, 5) is 17.5. The van der Waals surface area contributed by atoms with E-state index in [1.165, 1.54) is 0 Å². The molecule has 0 N–H and O–H groups in total. The number of carbonyl (C=O) groups is 1. The second-order valence-corrected chi connectivity index (χ2v) is 6.77. The first-order valence-electron chi connectivity index (χ1n) is 8.88. The van der Waals surface area contributed by atoms with Crippen LogP contribution in [0.4, 0.5) is 0 Å². The molecular formula is C18H24N4O3. The number of hydrogen-bond donors (Lipinski definition) is 0. The van der Waals surface area contributed by atoms with E-state index in [0.29, 0.717) is 12.3 Å². The number of hydrogen-bond acceptors (Lipinski definition) is 5. The van der Waals surface area contributed by atoms with Gasteiger partial charge in [-0.25, -0.2) is 0 Å². The number of furan rings is 1. The fourth-order valence-corrected chi connectivity index (χ4v) is 3.66. The van der Waals surface area contributed by atoms with E-state index in [2.05, 4.69) is 10.00 Å². The summed E-state index contributed by atoms with van der Waals surface area (Å²) in [6.45, 7) is 7.53. The minimum Gasteiger partial charge on any atom is -0.459 e. The van der Waals surface area contributed by atoms with Crippen molar-refractivity contribution in [2.24, 2.45) is 0 Å². The first-order valence-corrected chi connectivity index (χ1v) is 8.88. The number of carbonyl (C=O) groups excluding carboxylic acids is 1. The van der Waals surface area contributed by atoms with Crippen LogP contribution in [0.3, 0.4) is 0 Å². The molecule has 1 fully saturated rings. The van der Waals surface area contributed by atoms with E-state index in [-0.39, 0.29) is 11.9 Å². The molecule has 0 radical (unpaired) electrons. The molecular weight excluding hydrogens is 320 g/mol. The molecule has 0 spiro atoms. The smallest absolute Gasteiger partial charge is 0.290 e. The van der Waals surface area contributed by atoms with Crippen molar-refractivity contribution in [2.45, 2.75) is 32.5 Å². The van der Waals surface area contributed by atoms with Gasteiger partial charge in [0.2, 0.25) is 0 Å². The van der Waals surface area contributed by atoms with Crippen LogP contribution in [0.5, 0.6) is 0 Å². The molecule has 2 aliphatic heterocycles. The van der Waals surface area contributed by atoms with Crippen molar-refractivity contribution in [3.05, 3.63) is 41.6 Å². The van der Waals surface area contributed by atoms with Crippen molar-refractivity contribution in [3.63, 3.8) is 0 Å². The highest BCUT2D eigenvalue weighted by Crippen LogP contribution is 2.22. The number of ether oxygens (including phenoxy) is 1. The normalized spacial score (nSPS) is 21.8. The molecule has 2 aliphatic rings. The molecule has 134 valence electrons. The van der Waals surface area contributed by atoms with Gasteiger partial charge in [0.1, 0.15) is 0 Å². The first-order chi connectivity index (χ1) is 12.2. The van der Waals surface area contributed by atoms with Crippen LogP contribution in [0.2, 0.25) is 0 Å². The van der Waals surface area contributed by atoms with Gasteiger partial charge in [-0.15, -0.1) is 0 Å². The number of fused-ring (bicyclic) bond motifs is 1. The maximum atomic E-state index is 13.2. The van der Waals surface area contributed by atoms with E-state index in [1.807, 2.05) is 28.6 Å². The molecule has 1 amide bonds. The third kappa shape index (κ3) is 3.34. The summed E-state index contributed by atoms with van der Waals surface area (Å²) in [5.41, 5.74) is 1.95. The summed E-state index contributed by atoms with van der Waals surface area (Å²) >= 11 is 0. The van der Waals surface area contributed by atoms with Crippen molar-refractivity contribution < 1.29 is 13.9 Å². The first kappa shape index (κ1) is 16.4. The summed E-state index contributed by atoms with van der Waals surface area (Å²) < 4.78 is 12.9. The molecule has 0 bridgehead atoms. The third-order valence-electron chi connectivity index (χ3n) is 5.14. The van der Waals surface area contributed by atoms with E-state index in [9.17, 15) is 4.79 Å². The molecule has 1 atom stereocenters. The Hall–Kier alpha value is -2.12. The lowest BCUT2D eigenvalue weighted by Crippen LogP contribution is -2.48. The van der Waals surface area contributed by atoms with E-state index in [1.54, 1.807) is 12.5 Å². The molecule has 2 aromatic heterocycles. The summed E-state index contributed by atoms with van der Waals surface area (Å²) in [5.74, 6) is 0.412. The lowest BCUT2D eigenvalue weighted by Gasteiger charge is -2.35. The Morgan fingerprint density at radius 3 is 2.88 bits per heavy atom. The topological polar surface area (TPSA) is 63.7 Å². The summed E-state index contributed by atoms with van der Waals surface area (Å²) in [7, 11) is 0. The molecule has 7 heteroatoms. The summed E-state index contributed by atoms with van der Waals surface area (Å²) in [5, 5.41) is 4.39. The molecule has 0 saturated carbocycles. The Bertz CT molecular complexity index is 732. The highest BCUT2D eigenvalue weighted by molar-refractivity contribution is 5.93. The molecule has 4 heterocycles. The van der Waals surface area contributed by atoms with Crippen LogP contribution in [0.25, 0.3) is 0 Å². The Kier molecular flexibility index (Phi) is 4.59. The summed E-state index contributed by atoms with van der Waals surface area (Å²) in [6, 6.07) is 3.97.